The third-order valence-electron chi connectivity index (χ3n) is 1.02. The summed E-state index contributed by atoms with van der Waals surface area (Å²) < 4.78 is 15.0. The molecule has 0 fully saturated rings. The van der Waals surface area contributed by atoms with Crippen molar-refractivity contribution in [3.63, 3.8) is 0 Å². The van der Waals surface area contributed by atoms with Crippen LogP contribution in [0.4, 0.5) is 10.1 Å². The van der Waals surface area contributed by atoms with E-state index in [0.29, 0.717) is 0 Å². The van der Waals surface area contributed by atoms with E-state index in [1.807, 2.05) is 0 Å². The Morgan fingerprint density at radius 1 is 1.30 bits per heavy atom. The van der Waals surface area contributed by atoms with E-state index < -0.39 is 0 Å². The van der Waals surface area contributed by atoms with E-state index >= 15 is 0 Å². The molecule has 0 atom stereocenters. The Morgan fingerprint density at radius 2 is 1.90 bits per heavy atom. The van der Waals surface area contributed by atoms with Crippen molar-refractivity contribution in [3.05, 3.63) is 30.1 Å². The average molecular weight is 158 g/mol. The monoisotopic (exact) mass is 158 g/mol. The average Bonchev–Trinajstić information content (AvgIpc) is 1.95. The van der Waals surface area contributed by atoms with Crippen LogP contribution in [0.25, 0.3) is 0 Å². The first-order valence-corrected chi connectivity index (χ1v) is 3.58. The maximum atomic E-state index is 12.3. The quantitative estimate of drug-likeness (QED) is 0.644. The number of halogens is 1. The fraction of sp³-hybridized carbons (Fsp3) is 0. The van der Waals surface area contributed by atoms with Crippen molar-refractivity contribution in [3.8, 4) is 0 Å². The van der Waals surface area contributed by atoms with E-state index in [0.717, 1.165) is 17.8 Å². The summed E-state index contributed by atoms with van der Waals surface area (Å²) in [6.45, 7) is 0. The molecule has 0 aliphatic rings. The zero-order valence-corrected chi connectivity index (χ0v) is 5.99. The van der Waals surface area contributed by atoms with Crippen LogP contribution in [0.1, 0.15) is 0 Å². The van der Waals surface area contributed by atoms with Crippen molar-refractivity contribution in [2.75, 3.05) is 4.72 Å². The Kier molecular flexibility index (Phi) is 2.53. The molecule has 0 aliphatic carbocycles. The summed E-state index contributed by atoms with van der Waals surface area (Å²) in [7, 11) is 0. The zero-order valence-electron chi connectivity index (χ0n) is 5.17. The first-order valence-electron chi connectivity index (χ1n) is 2.70. The van der Waals surface area contributed by atoms with Crippen LogP contribution in [0.15, 0.2) is 24.3 Å². The molecule has 0 bridgehead atoms. The highest BCUT2D eigenvalue weighted by molar-refractivity contribution is 7.98. The topological polar surface area (TPSA) is 38.0 Å². The molecule has 0 aliphatic heterocycles. The van der Waals surface area contributed by atoms with Crippen molar-refractivity contribution in [1.82, 2.24) is 0 Å². The molecule has 4 heteroatoms. The Balaban J connectivity index is 2.69. The molecule has 10 heavy (non-hydrogen) atoms. The lowest BCUT2D eigenvalue weighted by Gasteiger charge is -1.98. The van der Waals surface area contributed by atoms with Crippen LogP contribution in [0, 0.1) is 5.82 Å². The Bertz CT molecular complexity index is 199. The van der Waals surface area contributed by atoms with Gasteiger partial charge in [0, 0.05) is 17.8 Å². The number of anilines is 1. The minimum Gasteiger partial charge on any atom is -0.317 e. The highest BCUT2D eigenvalue weighted by Gasteiger charge is 1.89. The van der Waals surface area contributed by atoms with E-state index in [1.165, 1.54) is 12.1 Å². The summed E-state index contributed by atoms with van der Waals surface area (Å²) in [5, 5.41) is 5.11. The predicted molar refractivity (Wildman–Crippen MR) is 41.8 cm³/mol. The normalized spacial score (nSPS) is 9.40. The van der Waals surface area contributed by atoms with Crippen LogP contribution < -0.4 is 9.86 Å². The van der Waals surface area contributed by atoms with Crippen LogP contribution in [-0.2, 0) is 0 Å². The Hall–Kier alpha value is -0.740. The van der Waals surface area contributed by atoms with Crippen molar-refractivity contribution in [2.45, 2.75) is 0 Å². The van der Waals surface area contributed by atoms with Gasteiger partial charge < -0.3 is 4.72 Å². The third kappa shape index (κ3) is 1.89. The van der Waals surface area contributed by atoms with Gasteiger partial charge in [0.15, 0.2) is 0 Å². The van der Waals surface area contributed by atoms with Gasteiger partial charge in [0.1, 0.15) is 5.82 Å². The second-order valence-corrected chi connectivity index (χ2v) is 2.17. The number of hydrogen-bond donors (Lipinski definition) is 2. The number of hydrogen-bond acceptors (Lipinski definition) is 3. The maximum Gasteiger partial charge on any atom is 0.123 e. The van der Waals surface area contributed by atoms with Gasteiger partial charge in [0.05, 0.1) is 0 Å². The molecule has 0 spiro atoms. The predicted octanol–water partition coefficient (Wildman–Crippen LogP) is 1.76. The number of nitrogens with one attached hydrogen (secondary N) is 1. The minimum atomic E-state index is -0.243. The summed E-state index contributed by atoms with van der Waals surface area (Å²) >= 11 is 0.988. The molecule has 2 nitrogen and oxygen atoms in total. The van der Waals surface area contributed by atoms with Crippen molar-refractivity contribution in [2.24, 2.45) is 5.14 Å². The lowest BCUT2D eigenvalue weighted by atomic mass is 10.3. The van der Waals surface area contributed by atoms with Crippen molar-refractivity contribution in [1.29, 1.82) is 0 Å². The molecule has 0 saturated carbocycles. The summed E-state index contributed by atoms with van der Waals surface area (Å²) in [5.74, 6) is -0.243. The van der Waals surface area contributed by atoms with Gasteiger partial charge in [-0.25, -0.2) is 4.39 Å². The molecule has 54 valence electrons. The molecule has 0 aromatic heterocycles. The van der Waals surface area contributed by atoms with Gasteiger partial charge in [-0.1, -0.05) is 0 Å². The lowest BCUT2D eigenvalue weighted by Crippen LogP contribution is -1.90. The molecule has 0 heterocycles. The van der Waals surface area contributed by atoms with E-state index in [4.69, 9.17) is 5.14 Å². The van der Waals surface area contributed by atoms with Crippen LogP contribution in [-0.4, -0.2) is 0 Å². The molecule has 0 saturated heterocycles. The molecule has 1 aromatic carbocycles. The zero-order chi connectivity index (χ0) is 7.40. The standard InChI is InChI=1S/C6H7FN2S/c7-5-1-3-6(4-2-5)9-10-8/h1-4,9H,8H2. The van der Waals surface area contributed by atoms with Crippen molar-refractivity contribution >= 4 is 17.8 Å². The summed E-state index contributed by atoms with van der Waals surface area (Å²) in [6, 6.07) is 5.99. The van der Waals surface area contributed by atoms with Crippen LogP contribution in [0.5, 0.6) is 0 Å². The van der Waals surface area contributed by atoms with E-state index in [-0.39, 0.29) is 5.82 Å². The molecule has 1 aromatic rings. The number of nitrogens with two attached hydrogens (primary N) is 1. The Labute approximate surface area is 62.9 Å². The molecule has 0 amide bonds. The highest BCUT2D eigenvalue weighted by atomic mass is 32.2. The van der Waals surface area contributed by atoms with Crippen LogP contribution in [0.3, 0.4) is 0 Å². The molecule has 0 unspecified atom stereocenters. The fourth-order valence-corrected chi connectivity index (χ4v) is 0.858. The molecular weight excluding hydrogens is 151 g/mol. The van der Waals surface area contributed by atoms with E-state index in [9.17, 15) is 4.39 Å². The second kappa shape index (κ2) is 3.43. The van der Waals surface area contributed by atoms with Gasteiger partial charge in [-0.2, -0.15) is 0 Å². The fourth-order valence-electron chi connectivity index (χ4n) is 0.586. The van der Waals surface area contributed by atoms with Gasteiger partial charge in [0.2, 0.25) is 0 Å². The largest absolute Gasteiger partial charge is 0.317 e. The lowest BCUT2D eigenvalue weighted by molar-refractivity contribution is 0.628. The third-order valence-corrected chi connectivity index (χ3v) is 1.37. The summed E-state index contributed by atoms with van der Waals surface area (Å²) in [4.78, 5) is 0. The van der Waals surface area contributed by atoms with Gasteiger partial charge in [-0.3, -0.25) is 5.14 Å². The molecule has 0 radical (unpaired) electrons. The first-order chi connectivity index (χ1) is 4.83. The smallest absolute Gasteiger partial charge is 0.123 e. The maximum absolute atomic E-state index is 12.3. The minimum absolute atomic E-state index is 0.243. The highest BCUT2D eigenvalue weighted by Crippen LogP contribution is 2.09. The Morgan fingerprint density at radius 3 is 2.40 bits per heavy atom. The van der Waals surface area contributed by atoms with Crippen LogP contribution in [0.2, 0.25) is 0 Å². The van der Waals surface area contributed by atoms with Gasteiger partial charge in [-0.15, -0.1) is 0 Å². The van der Waals surface area contributed by atoms with Gasteiger partial charge >= 0.3 is 0 Å². The SMILES string of the molecule is NSNc1ccc(F)cc1. The summed E-state index contributed by atoms with van der Waals surface area (Å²) in [5.41, 5.74) is 0.800. The van der Waals surface area contributed by atoms with Gasteiger partial charge in [-0.05, 0) is 24.3 Å². The molecule has 1 rings (SSSR count). The molecule has 3 N–H and O–H groups in total. The van der Waals surface area contributed by atoms with Crippen LogP contribution >= 0.6 is 12.1 Å². The molecular formula is C6H7FN2S. The van der Waals surface area contributed by atoms with E-state index in [1.54, 1.807) is 12.1 Å². The van der Waals surface area contributed by atoms with Crippen molar-refractivity contribution < 1.29 is 4.39 Å². The van der Waals surface area contributed by atoms with Gasteiger partial charge in [0.25, 0.3) is 0 Å². The number of benzene rings is 1. The second-order valence-electron chi connectivity index (χ2n) is 1.73. The van der Waals surface area contributed by atoms with E-state index in [2.05, 4.69) is 4.72 Å². The first kappa shape index (κ1) is 7.37. The number of rotatable bonds is 2. The summed E-state index contributed by atoms with van der Waals surface area (Å²) in [6.07, 6.45) is 0.